The highest BCUT2D eigenvalue weighted by atomic mass is 32.2. The third-order valence-electron chi connectivity index (χ3n) is 14.9. The van der Waals surface area contributed by atoms with Crippen LogP contribution in [-0.2, 0) is 38.6 Å². The van der Waals surface area contributed by atoms with Crippen LogP contribution < -0.4 is 9.44 Å². The molecule has 0 atom stereocenters. The highest BCUT2D eigenvalue weighted by molar-refractivity contribution is 7.90. The van der Waals surface area contributed by atoms with Crippen LogP contribution in [0.4, 0.5) is 39.5 Å². The van der Waals surface area contributed by atoms with Crippen molar-refractivity contribution in [2.75, 3.05) is 13.7 Å². The van der Waals surface area contributed by atoms with E-state index in [4.69, 9.17) is 0 Å². The van der Waals surface area contributed by atoms with Gasteiger partial charge in [-0.25, -0.2) is 41.2 Å². The van der Waals surface area contributed by atoms with Crippen molar-refractivity contribution in [3.63, 3.8) is 0 Å². The van der Waals surface area contributed by atoms with Gasteiger partial charge in [-0.1, -0.05) is 133 Å². The molecule has 3 aromatic heterocycles. The number of sulfonamides is 2. The van der Waals surface area contributed by atoms with E-state index in [0.717, 1.165) is 47.5 Å². The largest absolute Gasteiger partial charge is 0.416 e. The smallest absolute Gasteiger partial charge is 0.388 e. The number of alkyl halides is 9. The summed E-state index contributed by atoms with van der Waals surface area (Å²) in [4.78, 5) is 35.2. The van der Waals surface area contributed by atoms with Crippen LogP contribution in [-0.4, -0.2) is 76.8 Å². The zero-order valence-corrected chi connectivity index (χ0v) is 53.9. The number of aliphatic hydroxyl groups excluding tert-OH is 1. The first-order valence-corrected chi connectivity index (χ1v) is 32.8. The van der Waals surface area contributed by atoms with E-state index in [1.165, 1.54) is 49.5 Å². The zero-order valence-electron chi connectivity index (χ0n) is 52.3. The molecule has 9 aromatic carbocycles. The molecule has 6 N–H and O–H groups in total. The molecule has 0 radical (unpaired) electrons. The number of fused-ring (bicyclic) bond motifs is 3. The number of carbonyl (C=O) groups excluding carboxylic acids is 1. The summed E-state index contributed by atoms with van der Waals surface area (Å²) in [7, 11) is -6.03. The van der Waals surface area contributed by atoms with Crippen molar-refractivity contribution in [3.05, 3.63) is 257 Å². The molecular formula is C73H59F9N8O6S2. The molecule has 0 spiro atoms. The third kappa shape index (κ3) is 17.3. The molecule has 14 nitrogen and oxygen atoms in total. The number of aromatic nitrogens is 6. The first kappa shape index (κ1) is 70.2. The van der Waals surface area contributed by atoms with Crippen molar-refractivity contribution in [1.29, 1.82) is 0 Å². The van der Waals surface area contributed by atoms with E-state index in [0.29, 0.717) is 95.1 Å². The summed E-state index contributed by atoms with van der Waals surface area (Å²) in [6.45, 7) is 4.78. The molecule has 0 bridgehead atoms. The topological polar surface area (TPSA) is 216 Å². The minimum absolute atomic E-state index is 0.170. The summed E-state index contributed by atoms with van der Waals surface area (Å²) in [5.74, 6) is 1.23. The molecule has 0 aliphatic carbocycles. The molecule has 3 heterocycles. The van der Waals surface area contributed by atoms with Gasteiger partial charge >= 0.3 is 18.5 Å². The summed E-state index contributed by atoms with van der Waals surface area (Å²) < 4.78 is 170. The minimum atomic E-state index is -4.38. The molecule has 25 heteroatoms. The molecule has 12 aromatic rings. The number of nitrogens with one attached hydrogen (secondary N) is 5. The van der Waals surface area contributed by atoms with E-state index in [-0.39, 0.29) is 15.6 Å². The Morgan fingerprint density at radius 2 is 0.745 bits per heavy atom. The Kier molecular flexibility index (Phi) is 20.5. The summed E-state index contributed by atoms with van der Waals surface area (Å²) in [6, 6.07) is 51.4. The Bertz CT molecular complexity index is 5210. The number of aromatic amines is 3. The molecule has 98 heavy (non-hydrogen) atoms. The van der Waals surface area contributed by atoms with Crippen LogP contribution in [0.25, 0.3) is 103 Å². The molecule has 502 valence electrons. The molecule has 0 saturated carbocycles. The number of benzene rings is 9. The van der Waals surface area contributed by atoms with Gasteiger partial charge in [-0.3, -0.25) is 4.79 Å². The summed E-state index contributed by atoms with van der Waals surface area (Å²) in [5.41, 5.74) is 7.76. The minimum Gasteiger partial charge on any atom is -0.388 e. The number of Topliss-reactive ketones (excluding diaryl/α,β-unsaturated/α-hetero) is 1. The van der Waals surface area contributed by atoms with Gasteiger partial charge in [0.1, 0.15) is 24.1 Å². The van der Waals surface area contributed by atoms with Gasteiger partial charge in [-0.15, -0.1) is 0 Å². The zero-order chi connectivity index (χ0) is 70.4. The highest BCUT2D eigenvalue weighted by Crippen LogP contribution is 2.35. The van der Waals surface area contributed by atoms with E-state index in [1.54, 1.807) is 136 Å². The van der Waals surface area contributed by atoms with Crippen molar-refractivity contribution in [3.8, 4) is 33.4 Å². The van der Waals surface area contributed by atoms with Crippen LogP contribution in [0.3, 0.4) is 0 Å². The normalized spacial score (nSPS) is 12.6. The second-order valence-corrected chi connectivity index (χ2v) is 26.6. The standard InChI is InChI=1S/C26H24F3N3O2S.C24H17F3N2O2.C23H18F3N3O2S/c1-25(2,3)32-35(33,34)23-7-5-4-6-20(23)18-11-14-21-22(16-18)31-24(30-21)15-10-17-8-12-19(13-9-17)26(27,28)29;25-24(26,27)17-9-5-15(6-10-17)7-12-23-28-20-11-8-16(13-21(20)29-23)18-3-1-2-4-19(18)22(31)14-30;1-27-32(30,31)21-5-3-2-4-18(21)16-9-12-19-20(14-16)29-22(28-19)13-8-15-6-10-17(11-7-15)23(24,25)26/h4-16,32H,1-3H3,(H,30,31);1-13,30H,14H2,(H,28,29);2-14,27H,1H3,(H,28,29)/b15-10+;12-7+;13-8+. The summed E-state index contributed by atoms with van der Waals surface area (Å²) in [5, 5.41) is 9.21. The Labute approximate surface area is 556 Å². The number of H-pyrrole nitrogens is 3. The molecular weight excluding hydrogens is 1320 g/mol. The fourth-order valence-electron chi connectivity index (χ4n) is 10.2. The van der Waals surface area contributed by atoms with E-state index >= 15 is 0 Å². The van der Waals surface area contributed by atoms with Crippen LogP contribution >= 0.6 is 0 Å². The first-order valence-electron chi connectivity index (χ1n) is 29.8. The van der Waals surface area contributed by atoms with Crippen molar-refractivity contribution in [1.82, 2.24) is 39.3 Å². The Balaban J connectivity index is 0.000000160. The number of nitrogens with zero attached hydrogens (tertiary/aromatic N) is 3. The molecule has 0 unspecified atom stereocenters. The van der Waals surface area contributed by atoms with Gasteiger partial charge < -0.3 is 20.1 Å². The molecule has 0 aliphatic rings. The molecule has 12 rings (SSSR count). The first-order chi connectivity index (χ1) is 46.3. The monoisotopic (exact) mass is 1380 g/mol. The van der Waals surface area contributed by atoms with E-state index in [9.17, 15) is 66.3 Å². The number of halogens is 9. The Hall–Kier alpha value is -10.6. The molecule has 0 aliphatic heterocycles. The van der Waals surface area contributed by atoms with Crippen molar-refractivity contribution >= 4 is 95.4 Å². The lowest BCUT2D eigenvalue weighted by molar-refractivity contribution is -0.138. The lowest BCUT2D eigenvalue weighted by Gasteiger charge is -2.21. The van der Waals surface area contributed by atoms with Gasteiger partial charge in [0, 0.05) is 22.2 Å². The lowest BCUT2D eigenvalue weighted by Crippen LogP contribution is -2.40. The fraction of sp³-hybridized carbons (Fsp3) is 0.123. The maximum absolute atomic E-state index is 13.0. The van der Waals surface area contributed by atoms with Gasteiger partial charge in [0.2, 0.25) is 20.0 Å². The second kappa shape index (κ2) is 28.6. The van der Waals surface area contributed by atoms with Crippen LogP contribution in [0, 0.1) is 0 Å². The van der Waals surface area contributed by atoms with Crippen LogP contribution in [0.1, 0.15) is 82.0 Å². The quantitative estimate of drug-likeness (QED) is 0.0425. The Morgan fingerprint density at radius 1 is 0.429 bits per heavy atom. The molecule has 0 fully saturated rings. The lowest BCUT2D eigenvalue weighted by atomic mass is 9.97. The van der Waals surface area contributed by atoms with Gasteiger partial charge in [-0.2, -0.15) is 39.5 Å². The number of hydrogen-bond acceptors (Lipinski definition) is 9. The van der Waals surface area contributed by atoms with Gasteiger partial charge in [0.05, 0.1) is 59.6 Å². The summed E-state index contributed by atoms with van der Waals surface area (Å²) >= 11 is 0. The van der Waals surface area contributed by atoms with Crippen LogP contribution in [0.5, 0.6) is 0 Å². The van der Waals surface area contributed by atoms with E-state index in [1.807, 2.05) is 42.5 Å². The SMILES string of the molecule is CC(C)(C)NS(=O)(=O)c1ccccc1-c1ccc2nc(/C=C/c3ccc(C(F)(F)F)cc3)[nH]c2c1.CNS(=O)(=O)c1ccccc1-c1ccc2nc(/C=C/c3ccc(C(F)(F)F)cc3)[nH]c2c1.O=C(CO)c1ccccc1-c1ccc2nc(/C=C/c3ccc(C(F)(F)F)cc3)[nH]c2c1. The predicted molar refractivity (Wildman–Crippen MR) is 363 cm³/mol. The maximum atomic E-state index is 13.0. The van der Waals surface area contributed by atoms with Crippen molar-refractivity contribution in [2.24, 2.45) is 0 Å². The number of ketones is 1. The fourth-order valence-corrected chi connectivity index (χ4v) is 12.8. The number of hydrogen-bond donors (Lipinski definition) is 6. The van der Waals surface area contributed by atoms with E-state index < -0.39 is 67.4 Å². The van der Waals surface area contributed by atoms with Crippen molar-refractivity contribution < 1.29 is 66.3 Å². The number of rotatable bonds is 15. The van der Waals surface area contributed by atoms with Gasteiger partial charge in [0.25, 0.3) is 0 Å². The van der Waals surface area contributed by atoms with Crippen LogP contribution in [0.2, 0.25) is 0 Å². The molecule has 0 amide bonds. The number of carbonyl (C=O) groups is 1. The predicted octanol–water partition coefficient (Wildman–Crippen LogP) is 17.4. The highest BCUT2D eigenvalue weighted by Gasteiger charge is 2.32. The molecule has 0 saturated heterocycles. The van der Waals surface area contributed by atoms with Gasteiger partial charge in [0.15, 0.2) is 5.78 Å². The second-order valence-electron chi connectivity index (χ2n) is 23.1. The number of imidazole rings is 3. The van der Waals surface area contributed by atoms with Crippen LogP contribution in [0.15, 0.2) is 210 Å². The third-order valence-corrected chi connectivity index (χ3v) is 18.2. The number of aliphatic hydroxyl groups is 1. The maximum Gasteiger partial charge on any atom is 0.416 e. The van der Waals surface area contributed by atoms with E-state index in [2.05, 4.69) is 39.3 Å². The van der Waals surface area contributed by atoms with Crippen molar-refractivity contribution in [2.45, 2.75) is 54.6 Å². The average Bonchev–Trinajstić information content (AvgIpc) is 1.32. The Morgan fingerprint density at radius 3 is 1.07 bits per heavy atom. The van der Waals surface area contributed by atoms with Gasteiger partial charge in [-0.05, 0) is 170 Å². The summed E-state index contributed by atoms with van der Waals surface area (Å²) in [6.07, 6.45) is -3.08. The average molecular weight is 1380 g/mol.